The first-order valence-electron chi connectivity index (χ1n) is 10.6. The molecule has 0 fully saturated rings. The van der Waals surface area contributed by atoms with Crippen LogP contribution in [0.4, 0.5) is 0 Å². The number of aryl methyl sites for hydroxylation is 1. The van der Waals surface area contributed by atoms with Gasteiger partial charge in [0.05, 0.1) is 22.5 Å². The van der Waals surface area contributed by atoms with Crippen LogP contribution in [0.5, 0.6) is 0 Å². The van der Waals surface area contributed by atoms with Crippen molar-refractivity contribution < 1.29 is 4.79 Å². The number of nitrogens with zero attached hydrogens (tertiary/aromatic N) is 4. The average molecular weight is 419 g/mol. The van der Waals surface area contributed by atoms with E-state index in [4.69, 9.17) is 0 Å². The van der Waals surface area contributed by atoms with Gasteiger partial charge in [-0.3, -0.25) is 9.59 Å². The molecule has 0 aliphatic heterocycles. The first-order chi connectivity index (χ1) is 15.0. The zero-order valence-corrected chi connectivity index (χ0v) is 17.7. The molecule has 1 amide bonds. The number of hydrogen-bond donors (Lipinski definition) is 2. The molecule has 8 heteroatoms. The molecule has 2 N–H and O–H groups in total. The highest BCUT2D eigenvalue weighted by Crippen LogP contribution is 2.22. The second-order valence-electron chi connectivity index (χ2n) is 8.13. The molecule has 0 saturated heterocycles. The van der Waals surface area contributed by atoms with Gasteiger partial charge in [0.2, 0.25) is 5.91 Å². The van der Waals surface area contributed by atoms with E-state index in [1.807, 2.05) is 30.3 Å². The predicted octanol–water partition coefficient (Wildman–Crippen LogP) is 3.35. The summed E-state index contributed by atoms with van der Waals surface area (Å²) in [6.45, 7) is 4.57. The molecule has 160 valence electrons. The lowest BCUT2D eigenvalue weighted by atomic mass is 10.0. The number of fused-ring (bicyclic) bond motifs is 2. The molecule has 4 aromatic rings. The van der Waals surface area contributed by atoms with Gasteiger partial charge < -0.3 is 10.3 Å². The van der Waals surface area contributed by atoms with E-state index in [2.05, 4.69) is 39.4 Å². The number of aromatic nitrogens is 5. The number of carbonyl (C=O) groups excluding carboxylic acids is 1. The van der Waals surface area contributed by atoms with Crippen LogP contribution in [0, 0.1) is 5.92 Å². The van der Waals surface area contributed by atoms with E-state index < -0.39 is 0 Å². The zero-order chi connectivity index (χ0) is 21.8. The molecule has 0 bridgehead atoms. The van der Waals surface area contributed by atoms with Crippen LogP contribution in [-0.4, -0.2) is 30.9 Å². The SMILES string of the molecule is CC(C)CC(NC(=O)CCCn1nnc2ccccc2c1=O)c1nc2ccccc2[nH]1. The monoisotopic (exact) mass is 418 g/mol. The molecular weight excluding hydrogens is 392 g/mol. The van der Waals surface area contributed by atoms with E-state index in [0.29, 0.717) is 29.8 Å². The van der Waals surface area contributed by atoms with Crippen LogP contribution in [0.1, 0.15) is 45.0 Å². The Balaban J connectivity index is 1.40. The van der Waals surface area contributed by atoms with Crippen molar-refractivity contribution in [1.29, 1.82) is 0 Å². The van der Waals surface area contributed by atoms with Crippen LogP contribution >= 0.6 is 0 Å². The summed E-state index contributed by atoms with van der Waals surface area (Å²) >= 11 is 0. The molecule has 31 heavy (non-hydrogen) atoms. The quantitative estimate of drug-likeness (QED) is 0.456. The summed E-state index contributed by atoms with van der Waals surface area (Å²) in [5.41, 5.74) is 2.22. The summed E-state index contributed by atoms with van der Waals surface area (Å²) in [7, 11) is 0. The first-order valence-corrected chi connectivity index (χ1v) is 10.6. The smallest absolute Gasteiger partial charge is 0.277 e. The number of aromatic amines is 1. The van der Waals surface area contributed by atoms with E-state index in [1.165, 1.54) is 4.68 Å². The third-order valence-corrected chi connectivity index (χ3v) is 5.18. The summed E-state index contributed by atoms with van der Waals surface area (Å²) in [4.78, 5) is 33.1. The number of rotatable bonds is 8. The first kappa shape index (κ1) is 20.7. The highest BCUT2D eigenvalue weighted by molar-refractivity contribution is 5.78. The molecule has 8 nitrogen and oxygen atoms in total. The Morgan fingerprint density at radius 3 is 2.61 bits per heavy atom. The summed E-state index contributed by atoms with van der Waals surface area (Å²) < 4.78 is 1.32. The van der Waals surface area contributed by atoms with Gasteiger partial charge in [-0.15, -0.1) is 5.10 Å². The van der Waals surface area contributed by atoms with Crippen molar-refractivity contribution in [1.82, 2.24) is 30.3 Å². The van der Waals surface area contributed by atoms with Gasteiger partial charge in [-0.05, 0) is 43.0 Å². The summed E-state index contributed by atoms with van der Waals surface area (Å²) in [5.74, 6) is 1.08. The van der Waals surface area contributed by atoms with Crippen LogP contribution < -0.4 is 10.9 Å². The van der Waals surface area contributed by atoms with Gasteiger partial charge >= 0.3 is 0 Å². The molecule has 2 aromatic heterocycles. The molecule has 1 atom stereocenters. The van der Waals surface area contributed by atoms with Crippen molar-refractivity contribution in [3.8, 4) is 0 Å². The molecule has 1 unspecified atom stereocenters. The standard InChI is InChI=1S/C23H26N6O2/c1-15(2)14-20(22-25-18-10-5-6-11-19(18)26-22)24-21(30)12-7-13-29-23(31)16-8-3-4-9-17(16)27-28-29/h3-6,8-11,15,20H,7,12-14H2,1-2H3,(H,24,30)(H,25,26). The molecule has 0 spiro atoms. The van der Waals surface area contributed by atoms with E-state index in [9.17, 15) is 9.59 Å². The van der Waals surface area contributed by atoms with Crippen molar-refractivity contribution in [3.05, 3.63) is 64.7 Å². The largest absolute Gasteiger partial charge is 0.346 e. The Morgan fingerprint density at radius 1 is 1.10 bits per heavy atom. The topological polar surface area (TPSA) is 106 Å². The fourth-order valence-electron chi connectivity index (χ4n) is 3.67. The maximum absolute atomic E-state index is 12.6. The third-order valence-electron chi connectivity index (χ3n) is 5.18. The fourth-order valence-corrected chi connectivity index (χ4v) is 3.67. The lowest BCUT2D eigenvalue weighted by molar-refractivity contribution is -0.122. The van der Waals surface area contributed by atoms with Gasteiger partial charge in [0.15, 0.2) is 0 Å². The second kappa shape index (κ2) is 9.07. The number of imidazole rings is 1. The molecule has 2 aromatic carbocycles. The fraction of sp³-hybridized carbons (Fsp3) is 0.348. The van der Waals surface area contributed by atoms with Gasteiger partial charge in [-0.1, -0.05) is 43.3 Å². The summed E-state index contributed by atoms with van der Waals surface area (Å²) in [6.07, 6.45) is 1.56. The number of benzene rings is 2. The van der Waals surface area contributed by atoms with Gasteiger partial charge in [0.1, 0.15) is 11.3 Å². The van der Waals surface area contributed by atoms with Crippen molar-refractivity contribution >= 4 is 27.8 Å². The predicted molar refractivity (Wildman–Crippen MR) is 119 cm³/mol. The minimum absolute atomic E-state index is 0.0760. The van der Waals surface area contributed by atoms with E-state index in [-0.39, 0.29) is 23.9 Å². The zero-order valence-electron chi connectivity index (χ0n) is 17.7. The average Bonchev–Trinajstić information content (AvgIpc) is 3.19. The number of para-hydroxylation sites is 2. The number of hydrogen-bond acceptors (Lipinski definition) is 5. The molecule has 4 rings (SSSR count). The Kier molecular flexibility index (Phi) is 6.06. The Morgan fingerprint density at radius 2 is 1.84 bits per heavy atom. The Bertz CT molecular complexity index is 1230. The normalized spacial score (nSPS) is 12.5. The highest BCUT2D eigenvalue weighted by Gasteiger charge is 2.19. The van der Waals surface area contributed by atoms with Gasteiger partial charge in [0.25, 0.3) is 5.56 Å². The lowest BCUT2D eigenvalue weighted by Gasteiger charge is -2.18. The van der Waals surface area contributed by atoms with Crippen molar-refractivity contribution in [3.63, 3.8) is 0 Å². The molecule has 0 radical (unpaired) electrons. The minimum atomic E-state index is -0.192. The van der Waals surface area contributed by atoms with Crippen LogP contribution in [0.25, 0.3) is 21.9 Å². The van der Waals surface area contributed by atoms with E-state index in [0.717, 1.165) is 23.3 Å². The molecule has 0 aliphatic carbocycles. The van der Waals surface area contributed by atoms with E-state index >= 15 is 0 Å². The Labute approximate surface area is 179 Å². The summed E-state index contributed by atoms with van der Waals surface area (Å²) in [6, 6.07) is 14.8. The molecule has 0 saturated carbocycles. The van der Waals surface area contributed by atoms with Crippen LogP contribution in [0.3, 0.4) is 0 Å². The minimum Gasteiger partial charge on any atom is -0.346 e. The highest BCUT2D eigenvalue weighted by atomic mass is 16.1. The number of nitrogens with one attached hydrogen (secondary N) is 2. The van der Waals surface area contributed by atoms with Gasteiger partial charge in [-0.2, -0.15) is 0 Å². The van der Waals surface area contributed by atoms with E-state index in [1.54, 1.807) is 18.2 Å². The second-order valence-corrected chi connectivity index (χ2v) is 8.13. The lowest BCUT2D eigenvalue weighted by Crippen LogP contribution is -2.31. The van der Waals surface area contributed by atoms with Gasteiger partial charge in [0, 0.05) is 13.0 Å². The maximum atomic E-state index is 12.6. The molecule has 0 aliphatic rings. The Hall–Kier alpha value is -3.55. The molecule has 2 heterocycles. The van der Waals surface area contributed by atoms with Gasteiger partial charge in [-0.25, -0.2) is 9.67 Å². The third kappa shape index (κ3) is 4.79. The van der Waals surface area contributed by atoms with Crippen LogP contribution in [-0.2, 0) is 11.3 Å². The molecular formula is C23H26N6O2. The number of amides is 1. The number of carbonyl (C=O) groups is 1. The van der Waals surface area contributed by atoms with Crippen LogP contribution in [0.15, 0.2) is 53.3 Å². The van der Waals surface area contributed by atoms with Crippen molar-refractivity contribution in [2.75, 3.05) is 0 Å². The van der Waals surface area contributed by atoms with Crippen LogP contribution in [0.2, 0.25) is 0 Å². The van der Waals surface area contributed by atoms with Crippen molar-refractivity contribution in [2.24, 2.45) is 5.92 Å². The van der Waals surface area contributed by atoms with Crippen molar-refractivity contribution in [2.45, 2.75) is 45.7 Å². The summed E-state index contributed by atoms with van der Waals surface area (Å²) in [5, 5.41) is 11.7. The number of H-pyrrole nitrogens is 1. The maximum Gasteiger partial charge on any atom is 0.277 e.